The Morgan fingerprint density at radius 1 is 1.44 bits per heavy atom. The number of carbonyl (C=O) groups excluding carboxylic acids is 1. The number of amides is 1. The van der Waals surface area contributed by atoms with E-state index in [-0.39, 0.29) is 5.91 Å². The summed E-state index contributed by atoms with van der Waals surface area (Å²) in [5.74, 6) is 1.87. The molecule has 98 valence electrons. The van der Waals surface area contributed by atoms with Crippen molar-refractivity contribution in [3.05, 3.63) is 29.8 Å². The van der Waals surface area contributed by atoms with Gasteiger partial charge in [0.25, 0.3) is 0 Å². The van der Waals surface area contributed by atoms with Gasteiger partial charge in [0.15, 0.2) is 0 Å². The molecule has 1 aliphatic heterocycles. The Balaban J connectivity index is 1.96. The van der Waals surface area contributed by atoms with Crippen LogP contribution >= 0.6 is 0 Å². The molecule has 0 spiro atoms. The topological polar surface area (TPSA) is 38.3 Å². The number of nitrogens with one attached hydrogen (secondary N) is 1. The van der Waals surface area contributed by atoms with E-state index in [1.54, 1.807) is 0 Å². The Labute approximate surface area is 109 Å². The molecule has 0 aliphatic carbocycles. The van der Waals surface area contributed by atoms with Gasteiger partial charge < -0.3 is 10.1 Å². The van der Waals surface area contributed by atoms with E-state index in [0.717, 1.165) is 18.7 Å². The fraction of sp³-hybridized carbons (Fsp3) is 0.533. The predicted octanol–water partition coefficient (Wildman–Crippen LogP) is 2.72. The molecular formula is C15H21NO2. The fourth-order valence-corrected chi connectivity index (χ4v) is 2.24. The number of benzene rings is 1. The summed E-state index contributed by atoms with van der Waals surface area (Å²) in [4.78, 5) is 11.9. The van der Waals surface area contributed by atoms with Crippen molar-refractivity contribution in [2.24, 2.45) is 5.92 Å². The van der Waals surface area contributed by atoms with Crippen molar-refractivity contribution in [1.29, 1.82) is 0 Å². The highest BCUT2D eigenvalue weighted by molar-refractivity contribution is 5.77. The summed E-state index contributed by atoms with van der Waals surface area (Å²) >= 11 is 0. The van der Waals surface area contributed by atoms with E-state index in [2.05, 4.69) is 25.2 Å². The van der Waals surface area contributed by atoms with Gasteiger partial charge >= 0.3 is 0 Å². The van der Waals surface area contributed by atoms with Gasteiger partial charge in [0.05, 0.1) is 6.61 Å². The summed E-state index contributed by atoms with van der Waals surface area (Å²) in [5.41, 5.74) is 1.17. The molecule has 0 saturated heterocycles. The van der Waals surface area contributed by atoms with Crippen LogP contribution in [0.25, 0.3) is 0 Å². The molecule has 1 heterocycles. The second-order valence-electron chi connectivity index (χ2n) is 5.27. The van der Waals surface area contributed by atoms with Gasteiger partial charge in [-0.2, -0.15) is 0 Å². The van der Waals surface area contributed by atoms with E-state index in [9.17, 15) is 4.79 Å². The Morgan fingerprint density at radius 2 is 2.22 bits per heavy atom. The quantitative estimate of drug-likeness (QED) is 0.888. The molecule has 18 heavy (non-hydrogen) atoms. The first kappa shape index (κ1) is 12.9. The molecule has 1 aromatic carbocycles. The highest BCUT2D eigenvalue weighted by atomic mass is 16.5. The highest BCUT2D eigenvalue weighted by Crippen LogP contribution is 2.35. The smallest absolute Gasteiger partial charge is 0.220 e. The van der Waals surface area contributed by atoms with Crippen LogP contribution in [0.3, 0.4) is 0 Å². The summed E-state index contributed by atoms with van der Waals surface area (Å²) in [6, 6.07) is 8.02. The van der Waals surface area contributed by atoms with E-state index < -0.39 is 0 Å². The van der Waals surface area contributed by atoms with Gasteiger partial charge in [0.1, 0.15) is 5.75 Å². The molecular weight excluding hydrogens is 226 g/mol. The lowest BCUT2D eigenvalue weighted by atomic mass is 9.90. The van der Waals surface area contributed by atoms with Crippen LogP contribution in [0, 0.1) is 5.92 Å². The Morgan fingerprint density at radius 3 is 3.00 bits per heavy atom. The molecule has 0 bridgehead atoms. The van der Waals surface area contributed by atoms with Crippen LogP contribution < -0.4 is 10.1 Å². The molecule has 3 heteroatoms. The van der Waals surface area contributed by atoms with Gasteiger partial charge in [-0.3, -0.25) is 4.79 Å². The van der Waals surface area contributed by atoms with E-state index >= 15 is 0 Å². The van der Waals surface area contributed by atoms with Crippen LogP contribution in [-0.4, -0.2) is 19.1 Å². The average molecular weight is 247 g/mol. The lowest BCUT2D eigenvalue weighted by Gasteiger charge is -2.25. The van der Waals surface area contributed by atoms with Crippen LogP contribution in [0.15, 0.2) is 24.3 Å². The third-order valence-corrected chi connectivity index (χ3v) is 3.22. The van der Waals surface area contributed by atoms with Gasteiger partial charge in [0.2, 0.25) is 5.91 Å². The maximum Gasteiger partial charge on any atom is 0.220 e. The molecule has 0 saturated carbocycles. The number of carbonyl (C=O) groups is 1. The van der Waals surface area contributed by atoms with Gasteiger partial charge in [-0.1, -0.05) is 32.0 Å². The van der Waals surface area contributed by atoms with Crippen molar-refractivity contribution in [3.63, 3.8) is 0 Å². The zero-order valence-corrected chi connectivity index (χ0v) is 11.1. The number of para-hydroxylation sites is 1. The van der Waals surface area contributed by atoms with E-state index in [1.165, 1.54) is 5.56 Å². The van der Waals surface area contributed by atoms with Crippen molar-refractivity contribution < 1.29 is 9.53 Å². The molecule has 1 unspecified atom stereocenters. The summed E-state index contributed by atoms with van der Waals surface area (Å²) < 4.78 is 5.60. The minimum atomic E-state index is 0.144. The standard InChI is InChI=1S/C15H21NO2/c1-11(2)10-16-15(17)9-12-7-8-18-14-6-4-3-5-13(12)14/h3-6,11-12H,7-10H2,1-2H3,(H,16,17). The van der Waals surface area contributed by atoms with Gasteiger partial charge in [-0.15, -0.1) is 0 Å². The largest absolute Gasteiger partial charge is 0.493 e. The molecule has 1 atom stereocenters. The maximum absolute atomic E-state index is 11.9. The summed E-state index contributed by atoms with van der Waals surface area (Å²) in [5, 5.41) is 2.98. The second kappa shape index (κ2) is 5.89. The van der Waals surface area contributed by atoms with Crippen LogP contribution in [0.1, 0.15) is 38.2 Å². The summed E-state index contributed by atoms with van der Waals surface area (Å²) in [6.07, 6.45) is 1.49. The monoisotopic (exact) mass is 247 g/mol. The van der Waals surface area contributed by atoms with Crippen LogP contribution in [-0.2, 0) is 4.79 Å². The lowest BCUT2D eigenvalue weighted by molar-refractivity contribution is -0.121. The zero-order valence-electron chi connectivity index (χ0n) is 11.1. The molecule has 3 nitrogen and oxygen atoms in total. The minimum Gasteiger partial charge on any atom is -0.493 e. The summed E-state index contributed by atoms with van der Waals surface area (Å²) in [6.45, 7) is 5.66. The van der Waals surface area contributed by atoms with E-state index in [4.69, 9.17) is 4.74 Å². The normalized spacial score (nSPS) is 18.1. The van der Waals surface area contributed by atoms with Crippen molar-refractivity contribution >= 4 is 5.91 Å². The number of fused-ring (bicyclic) bond motifs is 1. The van der Waals surface area contributed by atoms with Gasteiger partial charge in [-0.05, 0) is 29.9 Å². The number of hydrogen-bond donors (Lipinski definition) is 1. The molecule has 1 aliphatic rings. The Hall–Kier alpha value is -1.51. The van der Waals surface area contributed by atoms with Gasteiger partial charge in [-0.25, -0.2) is 0 Å². The lowest BCUT2D eigenvalue weighted by Crippen LogP contribution is -2.29. The van der Waals surface area contributed by atoms with Crippen LogP contribution in [0.2, 0.25) is 0 Å². The van der Waals surface area contributed by atoms with Crippen molar-refractivity contribution in [2.75, 3.05) is 13.2 Å². The minimum absolute atomic E-state index is 0.144. The SMILES string of the molecule is CC(C)CNC(=O)CC1CCOc2ccccc21. The number of ether oxygens (including phenoxy) is 1. The molecule has 2 rings (SSSR count). The number of rotatable bonds is 4. The average Bonchev–Trinajstić information content (AvgIpc) is 2.37. The molecule has 0 aromatic heterocycles. The summed E-state index contributed by atoms with van der Waals surface area (Å²) in [7, 11) is 0. The number of hydrogen-bond acceptors (Lipinski definition) is 2. The van der Waals surface area contributed by atoms with E-state index in [1.807, 2.05) is 18.2 Å². The zero-order chi connectivity index (χ0) is 13.0. The Bertz CT molecular complexity index is 415. The second-order valence-corrected chi connectivity index (χ2v) is 5.27. The predicted molar refractivity (Wildman–Crippen MR) is 71.8 cm³/mol. The molecule has 0 fully saturated rings. The molecule has 0 radical (unpaired) electrons. The van der Waals surface area contributed by atoms with Crippen molar-refractivity contribution in [1.82, 2.24) is 5.32 Å². The van der Waals surface area contributed by atoms with Crippen LogP contribution in [0.5, 0.6) is 5.75 Å². The molecule has 1 N–H and O–H groups in total. The maximum atomic E-state index is 11.9. The van der Waals surface area contributed by atoms with E-state index in [0.29, 0.717) is 24.9 Å². The third-order valence-electron chi connectivity index (χ3n) is 3.22. The third kappa shape index (κ3) is 3.25. The molecule has 1 amide bonds. The fourth-order valence-electron chi connectivity index (χ4n) is 2.24. The van der Waals surface area contributed by atoms with Crippen molar-refractivity contribution in [2.45, 2.75) is 32.6 Å². The first-order chi connectivity index (χ1) is 8.66. The first-order valence-corrected chi connectivity index (χ1v) is 6.65. The Kier molecular flexibility index (Phi) is 4.24. The first-order valence-electron chi connectivity index (χ1n) is 6.65. The van der Waals surface area contributed by atoms with Crippen LogP contribution in [0.4, 0.5) is 0 Å². The van der Waals surface area contributed by atoms with Crippen molar-refractivity contribution in [3.8, 4) is 5.75 Å². The molecule has 1 aromatic rings. The van der Waals surface area contributed by atoms with Gasteiger partial charge in [0, 0.05) is 13.0 Å². The highest BCUT2D eigenvalue weighted by Gasteiger charge is 2.23.